The minimum Gasteiger partial charge on any atom is -0.497 e. The molecule has 2 N–H and O–H groups in total. The fourth-order valence-corrected chi connectivity index (χ4v) is 1.07. The van der Waals surface area contributed by atoms with Crippen LogP contribution in [-0.4, -0.2) is 24.2 Å². The van der Waals surface area contributed by atoms with Gasteiger partial charge >= 0.3 is 13.3 Å². The molecule has 82 valence electrons. The molecular formula is C8H8BF3O3. The van der Waals surface area contributed by atoms with Gasteiger partial charge in [-0.15, -0.1) is 0 Å². The summed E-state index contributed by atoms with van der Waals surface area (Å²) in [5.41, 5.74) is -2.14. The molecular weight excluding hydrogens is 212 g/mol. The average Bonchev–Trinajstić information content (AvgIpc) is 2.13. The molecule has 1 aromatic rings. The second-order valence-electron chi connectivity index (χ2n) is 2.72. The van der Waals surface area contributed by atoms with Crippen molar-refractivity contribution in [1.82, 2.24) is 0 Å². The lowest BCUT2D eigenvalue weighted by Gasteiger charge is -2.13. The minimum absolute atomic E-state index is 0.404. The molecule has 0 bridgehead atoms. The summed E-state index contributed by atoms with van der Waals surface area (Å²) in [5, 5.41) is 17.6. The summed E-state index contributed by atoms with van der Waals surface area (Å²) in [5.74, 6) is -0.535. The highest BCUT2D eigenvalue weighted by atomic mass is 19.4. The molecule has 0 fully saturated rings. The highest BCUT2D eigenvalue weighted by molar-refractivity contribution is 6.59. The predicted octanol–water partition coefficient (Wildman–Crippen LogP) is 0.394. The van der Waals surface area contributed by atoms with Gasteiger partial charge in [0.1, 0.15) is 5.75 Å². The third kappa shape index (κ3) is 2.63. The minimum atomic E-state index is -4.85. The molecule has 15 heavy (non-hydrogen) atoms. The molecule has 0 saturated carbocycles. The molecule has 0 unspecified atom stereocenters. The second-order valence-corrected chi connectivity index (χ2v) is 2.72. The van der Waals surface area contributed by atoms with Gasteiger partial charge in [0.15, 0.2) is 0 Å². The van der Waals surface area contributed by atoms with Crippen molar-refractivity contribution in [3.63, 3.8) is 0 Å². The Bertz CT molecular complexity index is 434. The summed E-state index contributed by atoms with van der Waals surface area (Å²) >= 11 is 0. The van der Waals surface area contributed by atoms with Gasteiger partial charge in [-0.25, -0.2) is 0 Å². The fourth-order valence-electron chi connectivity index (χ4n) is 1.07. The van der Waals surface area contributed by atoms with Gasteiger partial charge in [0.2, 0.25) is 0 Å². The Balaban J connectivity index is 3.22. The maximum Gasteiger partial charge on any atom is 0.489 e. The number of hydrogen-bond acceptors (Lipinski definition) is 3. The first-order valence-electron chi connectivity index (χ1n) is 5.27. The first kappa shape index (κ1) is 8.01. The Morgan fingerprint density at radius 2 is 2.07 bits per heavy atom. The van der Waals surface area contributed by atoms with Crippen LogP contribution in [0.2, 0.25) is 0 Å². The third-order valence-electron chi connectivity index (χ3n) is 1.73. The van der Waals surface area contributed by atoms with Crippen molar-refractivity contribution in [3.8, 4) is 5.75 Å². The molecule has 0 radical (unpaired) electrons. The molecule has 0 saturated heterocycles. The highest BCUT2D eigenvalue weighted by Gasteiger charge is 2.36. The Labute approximate surface area is 88.5 Å². The molecule has 1 aromatic carbocycles. The van der Waals surface area contributed by atoms with Crippen molar-refractivity contribution in [2.45, 2.75) is 6.18 Å². The summed E-state index contributed by atoms with van der Waals surface area (Å²) in [7, 11) is -5.20. The van der Waals surface area contributed by atoms with Crippen LogP contribution < -0.4 is 10.2 Å². The number of halogens is 3. The molecule has 0 atom stereocenters. The number of hydrogen-bond donors (Lipinski definition) is 2. The lowest BCUT2D eigenvalue weighted by atomic mass is 9.77. The lowest BCUT2D eigenvalue weighted by molar-refractivity contribution is -0.137. The smallest absolute Gasteiger partial charge is 0.489 e. The van der Waals surface area contributed by atoms with Crippen molar-refractivity contribution in [2.24, 2.45) is 0 Å². The van der Waals surface area contributed by atoms with E-state index in [0.717, 1.165) is 12.1 Å². The van der Waals surface area contributed by atoms with Gasteiger partial charge < -0.3 is 14.8 Å². The van der Waals surface area contributed by atoms with Gasteiger partial charge in [0.25, 0.3) is 0 Å². The van der Waals surface area contributed by atoms with Crippen molar-refractivity contribution < 1.29 is 32.1 Å². The monoisotopic (exact) mass is 223 g/mol. The first-order valence-corrected chi connectivity index (χ1v) is 3.77. The van der Waals surface area contributed by atoms with E-state index in [9.17, 15) is 13.2 Å². The Hall–Kier alpha value is -1.21. The van der Waals surface area contributed by atoms with E-state index < -0.39 is 37.1 Å². The topological polar surface area (TPSA) is 49.7 Å². The number of ether oxygens (including phenoxy) is 1. The van der Waals surface area contributed by atoms with E-state index >= 15 is 0 Å². The zero-order chi connectivity index (χ0) is 14.1. The number of methoxy groups -OCH3 is 1. The van der Waals surface area contributed by atoms with E-state index in [1.807, 2.05) is 0 Å². The van der Waals surface area contributed by atoms with Crippen molar-refractivity contribution >= 4 is 12.6 Å². The Morgan fingerprint density at radius 1 is 1.40 bits per heavy atom. The molecule has 7 heteroatoms. The van der Waals surface area contributed by atoms with E-state index in [0.29, 0.717) is 6.07 Å². The van der Waals surface area contributed by atoms with Gasteiger partial charge in [0.05, 0.1) is 16.7 Å². The normalized spacial score (nSPS) is 15.1. The largest absolute Gasteiger partial charge is 0.497 e. The maximum atomic E-state index is 12.6. The molecule has 3 nitrogen and oxygen atoms in total. The Kier molecular flexibility index (Phi) is 2.20. The average molecular weight is 223 g/mol. The van der Waals surface area contributed by atoms with Crippen molar-refractivity contribution in [2.75, 3.05) is 7.04 Å². The molecule has 0 aliphatic heterocycles. The molecule has 1 rings (SSSR count). The van der Waals surface area contributed by atoms with Crippen LogP contribution in [0, 0.1) is 0 Å². The van der Waals surface area contributed by atoms with Crippen LogP contribution in [0.4, 0.5) is 13.2 Å². The summed E-state index contributed by atoms with van der Waals surface area (Å²) in [6.45, 7) is 0. The van der Waals surface area contributed by atoms with E-state index in [4.69, 9.17) is 14.2 Å². The Morgan fingerprint density at radius 3 is 2.53 bits per heavy atom. The summed E-state index contributed by atoms with van der Waals surface area (Å²) in [6.07, 6.45) is -4.85. The summed E-state index contributed by atoms with van der Waals surface area (Å²) in [4.78, 5) is 0. The van der Waals surface area contributed by atoms with E-state index in [1.54, 1.807) is 0 Å². The second kappa shape index (κ2) is 4.12. The van der Waals surface area contributed by atoms with Gasteiger partial charge in [-0.2, -0.15) is 13.2 Å². The quantitative estimate of drug-likeness (QED) is 0.713. The van der Waals surface area contributed by atoms with Crippen LogP contribution in [-0.2, 0) is 6.18 Å². The van der Waals surface area contributed by atoms with Crippen LogP contribution in [0.5, 0.6) is 5.75 Å². The number of rotatable bonds is 2. The van der Waals surface area contributed by atoms with E-state index in [-0.39, 0.29) is 0 Å². The predicted molar refractivity (Wildman–Crippen MR) is 47.8 cm³/mol. The van der Waals surface area contributed by atoms with Crippen LogP contribution in [0.3, 0.4) is 0 Å². The van der Waals surface area contributed by atoms with Gasteiger partial charge in [-0.3, -0.25) is 0 Å². The van der Waals surface area contributed by atoms with Crippen molar-refractivity contribution in [1.29, 1.82) is 0 Å². The summed E-state index contributed by atoms with van der Waals surface area (Å²) < 4.78 is 62.4. The first-order chi connectivity index (χ1) is 8.00. The molecule has 0 heterocycles. The summed E-state index contributed by atoms with van der Waals surface area (Å²) in [6, 6.07) is 2.06. The van der Waals surface area contributed by atoms with Gasteiger partial charge in [0, 0.05) is 0 Å². The fraction of sp³-hybridized carbons (Fsp3) is 0.250. The highest BCUT2D eigenvalue weighted by Crippen LogP contribution is 2.30. The van der Waals surface area contributed by atoms with E-state index in [1.165, 1.54) is 0 Å². The van der Waals surface area contributed by atoms with E-state index in [2.05, 4.69) is 4.74 Å². The standard InChI is InChI=1S/C8H8BF3O3/c1-15-5-2-3-7(9(13)14)6(4-5)8(10,11)12/h2-4,13-14H,1H3/i1D3. The maximum absolute atomic E-state index is 12.6. The van der Waals surface area contributed by atoms with Gasteiger partial charge in [-0.05, 0) is 17.6 Å². The zero-order valence-corrected chi connectivity index (χ0v) is 7.25. The van der Waals surface area contributed by atoms with Crippen LogP contribution >= 0.6 is 0 Å². The third-order valence-corrected chi connectivity index (χ3v) is 1.73. The molecule has 0 aliphatic rings. The number of alkyl halides is 3. The molecule has 0 amide bonds. The van der Waals surface area contributed by atoms with Crippen LogP contribution in [0.1, 0.15) is 9.68 Å². The zero-order valence-electron chi connectivity index (χ0n) is 10.2. The van der Waals surface area contributed by atoms with Crippen LogP contribution in [0.15, 0.2) is 18.2 Å². The van der Waals surface area contributed by atoms with Gasteiger partial charge in [-0.1, -0.05) is 6.07 Å². The molecule has 0 spiro atoms. The lowest BCUT2D eigenvalue weighted by Crippen LogP contribution is -2.36. The molecule has 0 aliphatic carbocycles. The van der Waals surface area contributed by atoms with Crippen LogP contribution in [0.25, 0.3) is 0 Å². The van der Waals surface area contributed by atoms with Crippen molar-refractivity contribution in [3.05, 3.63) is 23.8 Å². The SMILES string of the molecule is [2H]C([2H])([2H])Oc1ccc(B(O)O)c(C(F)(F)F)c1. The number of benzene rings is 1. The molecule has 0 aromatic heterocycles.